The van der Waals surface area contributed by atoms with Crippen LogP contribution in [0, 0.1) is 0 Å². The van der Waals surface area contributed by atoms with Crippen LogP contribution in [0.3, 0.4) is 0 Å². The molecule has 0 spiro atoms. The minimum Gasteiger partial charge on any atom is -0.302 e. The Morgan fingerprint density at radius 1 is 1.54 bits per heavy atom. The Morgan fingerprint density at radius 2 is 2.15 bits per heavy atom. The quantitative estimate of drug-likeness (QED) is 0.622. The molecule has 0 amide bonds. The van der Waals surface area contributed by atoms with Gasteiger partial charge in [-0.05, 0) is 26.0 Å². The topological polar surface area (TPSA) is 61.9 Å². The van der Waals surface area contributed by atoms with Gasteiger partial charge in [0.2, 0.25) is 0 Å². The molecule has 1 heterocycles. The van der Waals surface area contributed by atoms with Crippen LogP contribution < -0.4 is 15.6 Å². The van der Waals surface area contributed by atoms with Crippen molar-refractivity contribution in [2.24, 2.45) is 7.05 Å². The van der Waals surface area contributed by atoms with Crippen molar-refractivity contribution >= 4 is 0 Å². The van der Waals surface area contributed by atoms with Gasteiger partial charge in [0.1, 0.15) is 0 Å². The molecular formula is C8H16N3O2+. The van der Waals surface area contributed by atoms with Gasteiger partial charge in [0.05, 0.1) is 6.54 Å². The Kier molecular flexibility index (Phi) is 2.56. The number of nitrogens with zero attached hydrogens (tertiary/aromatic N) is 1. The van der Waals surface area contributed by atoms with Crippen molar-refractivity contribution in [2.75, 3.05) is 0 Å². The summed E-state index contributed by atoms with van der Waals surface area (Å²) in [5, 5.41) is 5.67. The maximum absolute atomic E-state index is 11.1. The second kappa shape index (κ2) is 3.33. The molecular weight excluding hydrogens is 170 g/mol. The zero-order valence-corrected chi connectivity index (χ0v) is 8.47. The van der Waals surface area contributed by atoms with Crippen LogP contribution in [-0.2, 0) is 13.6 Å². The molecule has 5 nitrogen and oxygen atoms in total. The zero-order valence-electron chi connectivity index (χ0n) is 8.47. The monoisotopic (exact) mass is 186 g/mol. The molecule has 0 unspecified atom stereocenters. The second-order valence-electron chi connectivity index (χ2n) is 4.09. The van der Waals surface area contributed by atoms with Crippen molar-refractivity contribution < 1.29 is 9.20 Å². The largest absolute Gasteiger partial charge is 0.431 e. The normalized spacial score (nSPS) is 12.0. The van der Waals surface area contributed by atoms with Gasteiger partial charge < -0.3 is 5.32 Å². The summed E-state index contributed by atoms with van der Waals surface area (Å²) in [5.41, 5.74) is 0.269. The van der Waals surface area contributed by atoms with Crippen molar-refractivity contribution in [3.05, 3.63) is 16.1 Å². The third-order valence-electron chi connectivity index (χ3n) is 1.70. The van der Waals surface area contributed by atoms with E-state index in [2.05, 4.69) is 15.1 Å². The maximum atomic E-state index is 11.1. The fourth-order valence-corrected chi connectivity index (χ4v) is 0.900. The average molecular weight is 186 g/mol. The third-order valence-corrected chi connectivity index (χ3v) is 1.70. The van der Waals surface area contributed by atoms with Gasteiger partial charge in [0, 0.05) is 5.54 Å². The van der Waals surface area contributed by atoms with Crippen molar-refractivity contribution in [1.29, 1.82) is 0 Å². The van der Waals surface area contributed by atoms with E-state index in [0.717, 1.165) is 0 Å². The summed E-state index contributed by atoms with van der Waals surface area (Å²) >= 11 is 0. The van der Waals surface area contributed by atoms with Crippen LogP contribution in [0.15, 0.2) is 9.32 Å². The Bertz CT molecular complexity index is 332. The number of nitrogens with one attached hydrogen (secondary N) is 2. The minimum atomic E-state index is -0.320. The lowest BCUT2D eigenvalue weighted by Crippen LogP contribution is -2.43. The van der Waals surface area contributed by atoms with Gasteiger partial charge in [-0.15, -0.1) is 0 Å². The zero-order chi connectivity index (χ0) is 10.1. The molecule has 0 radical (unpaired) electrons. The summed E-state index contributed by atoms with van der Waals surface area (Å²) in [6, 6.07) is 0. The SMILES string of the molecule is C[n+]1[nH]oc(=O)c1CNC(C)(C)C. The molecule has 0 saturated carbocycles. The molecule has 1 aromatic rings. The molecule has 0 aromatic carbocycles. The van der Waals surface area contributed by atoms with Gasteiger partial charge in [-0.2, -0.15) is 0 Å². The Morgan fingerprint density at radius 3 is 2.54 bits per heavy atom. The van der Waals surface area contributed by atoms with Gasteiger partial charge >= 0.3 is 11.3 Å². The van der Waals surface area contributed by atoms with E-state index in [0.29, 0.717) is 12.2 Å². The van der Waals surface area contributed by atoms with Crippen LogP contribution in [0.25, 0.3) is 0 Å². The molecule has 0 aliphatic rings. The van der Waals surface area contributed by atoms with Gasteiger partial charge in [-0.1, -0.05) is 4.68 Å². The molecule has 0 aliphatic carbocycles. The summed E-state index contributed by atoms with van der Waals surface area (Å²) in [6.45, 7) is 6.63. The molecule has 0 bridgehead atoms. The van der Waals surface area contributed by atoms with Crippen molar-refractivity contribution in [3.8, 4) is 0 Å². The van der Waals surface area contributed by atoms with Crippen LogP contribution in [0.2, 0.25) is 0 Å². The molecule has 5 heteroatoms. The fraction of sp³-hybridized carbons (Fsp3) is 0.750. The summed E-state index contributed by atoms with van der Waals surface area (Å²) in [6.07, 6.45) is 0. The lowest BCUT2D eigenvalue weighted by Gasteiger charge is -2.18. The van der Waals surface area contributed by atoms with E-state index in [1.165, 1.54) is 0 Å². The van der Waals surface area contributed by atoms with Crippen LogP contribution in [-0.4, -0.2) is 10.8 Å². The highest BCUT2D eigenvalue weighted by atomic mass is 16.5. The van der Waals surface area contributed by atoms with Crippen molar-refractivity contribution in [1.82, 2.24) is 10.6 Å². The summed E-state index contributed by atoms with van der Waals surface area (Å²) in [7, 11) is 1.74. The first-order valence-electron chi connectivity index (χ1n) is 4.21. The van der Waals surface area contributed by atoms with Crippen LogP contribution in [0.5, 0.6) is 0 Å². The van der Waals surface area contributed by atoms with E-state index in [9.17, 15) is 4.79 Å². The summed E-state index contributed by atoms with van der Waals surface area (Å²) < 4.78 is 6.17. The first-order chi connectivity index (χ1) is 5.90. The molecule has 0 saturated heterocycles. The standard InChI is InChI=1S/C8H15N3O2/c1-8(2,3)9-5-6-7(12)13-10-11(6)4/h9H,5H2,1-4H3/p+1. The van der Waals surface area contributed by atoms with E-state index >= 15 is 0 Å². The predicted octanol–water partition coefficient (Wildman–Crippen LogP) is -0.320. The Labute approximate surface area is 76.7 Å². The first kappa shape index (κ1) is 9.98. The van der Waals surface area contributed by atoms with Crippen LogP contribution in [0.1, 0.15) is 26.5 Å². The smallest absolute Gasteiger partial charge is 0.302 e. The molecule has 13 heavy (non-hydrogen) atoms. The predicted molar refractivity (Wildman–Crippen MR) is 47.1 cm³/mol. The maximum Gasteiger partial charge on any atom is 0.431 e. The highest BCUT2D eigenvalue weighted by molar-refractivity contribution is 4.84. The van der Waals surface area contributed by atoms with Crippen molar-refractivity contribution in [3.63, 3.8) is 0 Å². The van der Waals surface area contributed by atoms with Gasteiger partial charge in [0.15, 0.2) is 7.05 Å². The fourth-order valence-electron chi connectivity index (χ4n) is 0.900. The van der Waals surface area contributed by atoms with Crippen LogP contribution >= 0.6 is 0 Å². The van der Waals surface area contributed by atoms with E-state index < -0.39 is 0 Å². The average Bonchev–Trinajstić information content (AvgIpc) is 2.27. The molecule has 0 fully saturated rings. The molecule has 1 aromatic heterocycles. The molecule has 0 atom stereocenters. The summed E-state index contributed by atoms with van der Waals surface area (Å²) in [4.78, 5) is 11.1. The minimum absolute atomic E-state index is 0.00326. The lowest BCUT2D eigenvalue weighted by atomic mass is 10.1. The van der Waals surface area contributed by atoms with Crippen molar-refractivity contribution in [2.45, 2.75) is 32.9 Å². The number of aromatic amines is 1. The van der Waals surface area contributed by atoms with E-state index in [1.54, 1.807) is 11.7 Å². The number of hydrogen-bond donors (Lipinski definition) is 2. The van der Waals surface area contributed by atoms with Gasteiger partial charge in [-0.3, -0.25) is 4.52 Å². The number of hydrogen-bond acceptors (Lipinski definition) is 3. The van der Waals surface area contributed by atoms with Gasteiger partial charge in [-0.25, -0.2) is 4.79 Å². The van der Waals surface area contributed by atoms with E-state index in [-0.39, 0.29) is 11.2 Å². The van der Waals surface area contributed by atoms with E-state index in [4.69, 9.17) is 0 Å². The molecule has 0 aliphatic heterocycles. The lowest BCUT2D eigenvalue weighted by molar-refractivity contribution is -0.746. The third kappa shape index (κ3) is 2.69. The highest BCUT2D eigenvalue weighted by Gasteiger charge is 2.19. The Hall–Kier alpha value is -1.10. The Balaban J connectivity index is 2.70. The number of H-pyrrole nitrogens is 1. The second-order valence-corrected chi connectivity index (χ2v) is 4.09. The number of rotatable bonds is 2. The summed E-state index contributed by atoms with van der Waals surface area (Å²) in [5.74, 6) is 0. The first-order valence-corrected chi connectivity index (χ1v) is 4.21. The molecule has 74 valence electrons. The molecule has 2 N–H and O–H groups in total. The highest BCUT2D eigenvalue weighted by Crippen LogP contribution is 1.98. The van der Waals surface area contributed by atoms with Crippen LogP contribution in [0.4, 0.5) is 0 Å². The van der Waals surface area contributed by atoms with Gasteiger partial charge in [0.25, 0.3) is 0 Å². The number of aromatic nitrogens is 2. The number of aryl methyl sites for hydroxylation is 1. The van der Waals surface area contributed by atoms with E-state index in [1.807, 2.05) is 20.8 Å². The molecule has 1 rings (SSSR count).